The summed E-state index contributed by atoms with van der Waals surface area (Å²) in [4.78, 5) is 66.3. The van der Waals surface area contributed by atoms with Gasteiger partial charge in [-0.3, -0.25) is 19.2 Å². The van der Waals surface area contributed by atoms with E-state index in [1.807, 2.05) is 44.2 Å². The van der Waals surface area contributed by atoms with Crippen molar-refractivity contribution in [3.8, 4) is 11.3 Å². The van der Waals surface area contributed by atoms with Crippen molar-refractivity contribution in [2.75, 3.05) is 6.79 Å². The van der Waals surface area contributed by atoms with Crippen molar-refractivity contribution >= 4 is 37.2 Å². The highest BCUT2D eigenvalue weighted by molar-refractivity contribution is 6.33. The second-order valence-electron chi connectivity index (χ2n) is 10.3. The summed E-state index contributed by atoms with van der Waals surface area (Å²) >= 11 is 0. The molecule has 1 saturated heterocycles. The van der Waals surface area contributed by atoms with E-state index in [9.17, 15) is 29.1 Å². The molecule has 3 rings (SSSR count). The molecule has 223 valence electrons. The molecule has 0 aliphatic carbocycles. The first-order valence-electron chi connectivity index (χ1n) is 13.3. The number of aromatic nitrogens is 1. The number of carbonyl (C=O) groups excluding carboxylic acids is 4. The summed E-state index contributed by atoms with van der Waals surface area (Å²) in [5.41, 5.74) is -0.627. The maximum absolute atomic E-state index is 13.2. The summed E-state index contributed by atoms with van der Waals surface area (Å²) in [6.07, 6.45) is -2.52. The van der Waals surface area contributed by atoms with Gasteiger partial charge in [-0.05, 0) is 31.4 Å². The van der Waals surface area contributed by atoms with E-state index in [0.29, 0.717) is 12.1 Å². The monoisotopic (exact) mass is 582 g/mol. The molecule has 1 fully saturated rings. The molecule has 2 amide bonds. The molecule has 0 bridgehead atoms. The van der Waals surface area contributed by atoms with Gasteiger partial charge in [0, 0.05) is 11.5 Å². The topological polar surface area (TPSA) is 190 Å². The maximum atomic E-state index is 13.2. The Morgan fingerprint density at radius 1 is 1.05 bits per heavy atom. The van der Waals surface area contributed by atoms with Gasteiger partial charge in [0.05, 0.1) is 24.6 Å². The van der Waals surface area contributed by atoms with E-state index in [-0.39, 0.29) is 11.6 Å². The molecule has 0 spiro atoms. The molecule has 1 aliphatic heterocycles. The van der Waals surface area contributed by atoms with Gasteiger partial charge < -0.3 is 35.0 Å². The predicted octanol–water partition coefficient (Wildman–Crippen LogP) is 1.01. The molecule has 1 unspecified atom stereocenters. The van der Waals surface area contributed by atoms with Crippen LogP contribution in [0, 0.1) is 5.92 Å². The Hall–Kier alpha value is -4.30. The van der Waals surface area contributed by atoms with Gasteiger partial charge in [0.1, 0.15) is 11.7 Å². The van der Waals surface area contributed by atoms with Crippen molar-refractivity contribution in [3.63, 3.8) is 0 Å². The number of cyclic esters (lactones) is 1. The first-order valence-corrected chi connectivity index (χ1v) is 13.3. The van der Waals surface area contributed by atoms with Crippen LogP contribution in [0.4, 0.5) is 0 Å². The lowest BCUT2D eigenvalue weighted by Crippen LogP contribution is -2.56. The number of aliphatic hydroxyl groups excluding tert-OH is 1. The maximum Gasteiger partial charge on any atom is 0.398 e. The van der Waals surface area contributed by atoms with Crippen LogP contribution in [0.2, 0.25) is 0 Å². The Morgan fingerprint density at radius 3 is 2.36 bits per heavy atom. The molecule has 0 saturated carbocycles. The van der Waals surface area contributed by atoms with Gasteiger partial charge in [-0.1, -0.05) is 50.2 Å². The normalized spacial score (nSPS) is 18.4. The smallest absolute Gasteiger partial charge is 0.398 e. The highest BCUT2D eigenvalue weighted by Gasteiger charge is 2.50. The number of hydrogen-bond donors (Lipinski definition) is 4. The van der Waals surface area contributed by atoms with Crippen LogP contribution in [0.25, 0.3) is 11.3 Å². The van der Waals surface area contributed by atoms with Gasteiger partial charge in [-0.15, -0.1) is 0 Å². The van der Waals surface area contributed by atoms with Crippen molar-refractivity contribution in [3.05, 3.63) is 54.2 Å². The summed E-state index contributed by atoms with van der Waals surface area (Å²) in [5.74, 6) is -5.62. The lowest BCUT2D eigenvalue weighted by molar-refractivity contribution is -0.157. The molecule has 13 nitrogen and oxygen atoms in total. The van der Waals surface area contributed by atoms with Crippen LogP contribution < -0.4 is 10.6 Å². The minimum Gasteiger partial charge on any atom is -0.536 e. The molecule has 2 aromatic rings. The van der Waals surface area contributed by atoms with Gasteiger partial charge in [0.15, 0.2) is 12.4 Å². The molecule has 2 heterocycles. The number of benzene rings is 1. The lowest BCUT2D eigenvalue weighted by Gasteiger charge is -2.25. The standard InChI is InChI=1S/C28H33BN3O10/c1-16(2)12-21(29-42-23(36)14-28(13-22(34)35)27(39)40-15-41-28)31-26(38)24(17(3)33)32-25(37)20-11-7-10-19(30-20)18-8-5-4-6-9-18/h4-11,16-17,21,24,33H,12-15H2,1-3H3,(H,31,38)(H,32,37)(H,34,35)/t17-,21+,24+,28?/m1/s1. The lowest BCUT2D eigenvalue weighted by atomic mass is 9.81. The van der Waals surface area contributed by atoms with Crippen molar-refractivity contribution in [1.29, 1.82) is 0 Å². The zero-order valence-corrected chi connectivity index (χ0v) is 23.4. The predicted molar refractivity (Wildman–Crippen MR) is 147 cm³/mol. The fraction of sp³-hybridized carbons (Fsp3) is 0.429. The molecule has 4 N–H and O–H groups in total. The second-order valence-corrected chi connectivity index (χ2v) is 10.3. The number of ether oxygens (including phenoxy) is 2. The van der Waals surface area contributed by atoms with Crippen LogP contribution in [0.15, 0.2) is 48.5 Å². The number of pyridine rings is 1. The summed E-state index contributed by atoms with van der Waals surface area (Å²) in [5, 5.41) is 24.6. The fourth-order valence-electron chi connectivity index (χ4n) is 4.25. The van der Waals surface area contributed by atoms with Gasteiger partial charge >= 0.3 is 19.4 Å². The molecule has 14 heteroatoms. The van der Waals surface area contributed by atoms with Crippen LogP contribution in [-0.2, 0) is 33.3 Å². The number of carboxylic acid groups (broad SMARTS) is 1. The van der Waals surface area contributed by atoms with Crippen molar-refractivity contribution in [2.45, 2.75) is 63.7 Å². The van der Waals surface area contributed by atoms with Crippen LogP contribution in [0.1, 0.15) is 50.5 Å². The SMILES string of the molecule is CC(C)C[C@@H]([B]OC(=O)CC1(CC(=O)O)OCOC1=O)NC(=O)[C@@H](NC(=O)c1cccc(-c2ccccc2)n1)[C@@H](C)O. The number of carbonyl (C=O) groups is 5. The Kier molecular flexibility index (Phi) is 11.2. The Balaban J connectivity index is 1.65. The number of nitrogens with zero attached hydrogens (tertiary/aromatic N) is 1. The first kappa shape index (κ1) is 32.2. The molecule has 1 aromatic carbocycles. The average Bonchev–Trinajstić information content (AvgIpc) is 3.28. The third-order valence-electron chi connectivity index (χ3n) is 6.28. The number of rotatable bonds is 14. The molecular weight excluding hydrogens is 549 g/mol. The number of aliphatic carboxylic acids is 1. The van der Waals surface area contributed by atoms with E-state index in [4.69, 9.17) is 14.5 Å². The van der Waals surface area contributed by atoms with Crippen LogP contribution >= 0.6 is 0 Å². The molecule has 4 atom stereocenters. The minimum absolute atomic E-state index is 0.0151. The van der Waals surface area contributed by atoms with E-state index in [0.717, 1.165) is 13.0 Å². The van der Waals surface area contributed by atoms with Crippen molar-refractivity contribution < 1.29 is 48.3 Å². The molecular formula is C28H33BN3O10. The van der Waals surface area contributed by atoms with Gasteiger partial charge in [0.25, 0.3) is 11.9 Å². The summed E-state index contributed by atoms with van der Waals surface area (Å²) < 4.78 is 15.0. The van der Waals surface area contributed by atoms with Crippen LogP contribution in [0.5, 0.6) is 0 Å². The van der Waals surface area contributed by atoms with Crippen molar-refractivity contribution in [1.82, 2.24) is 15.6 Å². The van der Waals surface area contributed by atoms with Crippen LogP contribution in [0.3, 0.4) is 0 Å². The summed E-state index contributed by atoms with van der Waals surface area (Å²) in [7, 11) is 1.04. The third kappa shape index (κ3) is 8.85. The van der Waals surface area contributed by atoms with Crippen molar-refractivity contribution in [2.24, 2.45) is 5.92 Å². The van der Waals surface area contributed by atoms with E-state index in [1.54, 1.807) is 12.1 Å². The largest absolute Gasteiger partial charge is 0.536 e. The van der Waals surface area contributed by atoms with E-state index in [1.165, 1.54) is 13.0 Å². The highest BCUT2D eigenvalue weighted by Crippen LogP contribution is 2.28. The first-order chi connectivity index (χ1) is 19.9. The third-order valence-corrected chi connectivity index (χ3v) is 6.28. The molecule has 42 heavy (non-hydrogen) atoms. The fourth-order valence-corrected chi connectivity index (χ4v) is 4.25. The van der Waals surface area contributed by atoms with E-state index < -0.39 is 73.0 Å². The zero-order valence-electron chi connectivity index (χ0n) is 23.4. The molecule has 1 aromatic heterocycles. The number of esters is 1. The Labute approximate surface area is 243 Å². The number of nitrogens with one attached hydrogen (secondary N) is 2. The van der Waals surface area contributed by atoms with Gasteiger partial charge in [-0.25, -0.2) is 9.78 Å². The highest BCUT2D eigenvalue weighted by atomic mass is 16.7. The Bertz CT molecular complexity index is 1290. The molecule has 1 radical (unpaired) electrons. The minimum atomic E-state index is -2.01. The van der Waals surface area contributed by atoms with Crippen LogP contribution in [-0.4, -0.2) is 82.9 Å². The second kappa shape index (κ2) is 14.6. The quantitative estimate of drug-likeness (QED) is 0.184. The summed E-state index contributed by atoms with van der Waals surface area (Å²) in [6, 6.07) is 12.7. The number of aliphatic hydroxyl groups is 1. The van der Waals surface area contributed by atoms with Gasteiger partial charge in [-0.2, -0.15) is 0 Å². The van der Waals surface area contributed by atoms with Gasteiger partial charge in [0.2, 0.25) is 5.91 Å². The van der Waals surface area contributed by atoms with E-state index >= 15 is 0 Å². The number of amides is 2. The summed E-state index contributed by atoms with van der Waals surface area (Å²) in [6.45, 7) is 4.56. The zero-order chi connectivity index (χ0) is 30.9. The Morgan fingerprint density at radius 2 is 1.76 bits per heavy atom. The average molecular weight is 582 g/mol. The number of carboxylic acids is 1. The van der Waals surface area contributed by atoms with E-state index in [2.05, 4.69) is 20.4 Å². The molecule has 1 aliphatic rings. The number of hydrogen-bond acceptors (Lipinski definition) is 10.